The predicted octanol–water partition coefficient (Wildman–Crippen LogP) is 7.41. The van der Waals surface area contributed by atoms with E-state index < -0.39 is 17.3 Å². The second-order valence-electron chi connectivity index (χ2n) is 14.0. The summed E-state index contributed by atoms with van der Waals surface area (Å²) in [5, 5.41) is 15.2. The number of nitrogens with two attached hydrogens (primary N) is 1. The van der Waals surface area contributed by atoms with Crippen LogP contribution in [-0.2, 0) is 0 Å². The van der Waals surface area contributed by atoms with Gasteiger partial charge in [-0.25, -0.2) is 23.1 Å². The molecule has 48 heavy (non-hydrogen) atoms. The van der Waals surface area contributed by atoms with Crippen LogP contribution in [0.3, 0.4) is 0 Å². The van der Waals surface area contributed by atoms with Crippen LogP contribution >= 0.6 is 11.6 Å². The molecule has 2 aliphatic carbocycles. The lowest BCUT2D eigenvalue weighted by Gasteiger charge is -2.27. The first kappa shape index (κ1) is 31.1. The number of aromatic hydroxyl groups is 1. The number of halogens is 3. The number of benzene rings is 2. The van der Waals surface area contributed by atoms with Crippen LogP contribution in [-0.4, -0.2) is 37.4 Å². The molecule has 2 saturated heterocycles. The number of fused-ring (bicyclic) bond motifs is 4. The quantitative estimate of drug-likeness (QED) is 0.176. The van der Waals surface area contributed by atoms with E-state index in [0.29, 0.717) is 39.6 Å². The lowest BCUT2D eigenvalue weighted by atomic mass is 9.80. The summed E-state index contributed by atoms with van der Waals surface area (Å²) in [4.78, 5) is 28.8. The maximum atomic E-state index is 16.6. The van der Waals surface area contributed by atoms with E-state index in [1.54, 1.807) is 0 Å². The molecule has 2 bridgehead atoms. The number of allylic oxidation sites excluding steroid dienone is 2. The van der Waals surface area contributed by atoms with E-state index >= 15 is 4.39 Å². The van der Waals surface area contributed by atoms with E-state index in [1.807, 2.05) is 0 Å². The standard InChI is InChI=1S/C37H37ClF2N6O2/c1-3-42-32(19-6-7-19)35(31(41)18-4-5-18)46-36-26(33(45-37(46)48)24-14-22-10-9-21(43-22)12-17(24)2)16-28(40)34(44-36)25-15-23(47)13-20-8-11-27(39)30(38)29(20)25/h3,8,11,13,15-19,21-22,24,43,47H,1,4-7,9-10,12,14,41H2,2H3/b35-31+,42-32?/t17-,21?,22?,24?/m1/s1. The molecule has 11 heteroatoms. The van der Waals surface area contributed by atoms with Gasteiger partial charge in [0.25, 0.3) is 0 Å². The molecule has 3 unspecified atom stereocenters. The molecule has 4 N–H and O–H groups in total. The summed E-state index contributed by atoms with van der Waals surface area (Å²) in [6, 6.07) is 7.46. The summed E-state index contributed by atoms with van der Waals surface area (Å²) in [6.45, 7) is 5.99. The van der Waals surface area contributed by atoms with E-state index in [4.69, 9.17) is 27.3 Å². The van der Waals surface area contributed by atoms with Crippen molar-refractivity contribution < 1.29 is 13.9 Å². The summed E-state index contributed by atoms with van der Waals surface area (Å²) in [5.74, 6) is -1.37. The van der Waals surface area contributed by atoms with Crippen molar-refractivity contribution in [2.24, 2.45) is 28.5 Å². The molecule has 8 rings (SSSR count). The highest BCUT2D eigenvalue weighted by molar-refractivity contribution is 6.37. The first-order valence-electron chi connectivity index (χ1n) is 16.8. The average Bonchev–Trinajstić information content (AvgIpc) is 3.98. The summed E-state index contributed by atoms with van der Waals surface area (Å²) >= 11 is 6.47. The molecule has 2 aromatic carbocycles. The number of rotatable bonds is 7. The minimum Gasteiger partial charge on any atom is -0.508 e. The van der Waals surface area contributed by atoms with Crippen molar-refractivity contribution in [2.75, 3.05) is 0 Å². The predicted molar refractivity (Wildman–Crippen MR) is 185 cm³/mol. The monoisotopic (exact) mass is 670 g/mol. The van der Waals surface area contributed by atoms with Crippen LogP contribution in [0.5, 0.6) is 5.75 Å². The molecule has 0 spiro atoms. The molecule has 2 saturated carbocycles. The SMILES string of the molecule is C=CN=C(/C(=C(\N)C1CC1)n1c(=O)nc(C2CC3CCC(C[C@H]2C)N3)c2cc(F)c(-c3cc(O)cc4ccc(F)c(Cl)c34)nc21)C1CC1. The van der Waals surface area contributed by atoms with Crippen molar-refractivity contribution >= 4 is 44.8 Å². The molecule has 4 aliphatic rings. The minimum absolute atomic E-state index is 0.0654. The number of hydrogen-bond acceptors (Lipinski definition) is 7. The zero-order chi connectivity index (χ0) is 33.4. The number of pyridine rings is 1. The van der Waals surface area contributed by atoms with Crippen molar-refractivity contribution in [3.8, 4) is 17.0 Å². The van der Waals surface area contributed by atoms with Crippen LogP contribution < -0.4 is 16.7 Å². The topological polar surface area (TPSA) is 118 Å². The van der Waals surface area contributed by atoms with Crippen molar-refractivity contribution in [1.82, 2.24) is 19.9 Å². The van der Waals surface area contributed by atoms with Crippen LogP contribution in [0.25, 0.3) is 38.8 Å². The Morgan fingerprint density at radius 3 is 2.50 bits per heavy atom. The summed E-state index contributed by atoms with van der Waals surface area (Å²) < 4.78 is 32.9. The maximum absolute atomic E-state index is 16.6. The van der Waals surface area contributed by atoms with Crippen molar-refractivity contribution in [2.45, 2.75) is 76.3 Å². The molecule has 248 valence electrons. The van der Waals surface area contributed by atoms with E-state index in [-0.39, 0.29) is 62.8 Å². The highest BCUT2D eigenvalue weighted by Crippen LogP contribution is 2.45. The fourth-order valence-electron chi connectivity index (χ4n) is 7.98. The maximum Gasteiger partial charge on any atom is 0.354 e. The van der Waals surface area contributed by atoms with Crippen molar-refractivity contribution in [3.05, 3.63) is 81.6 Å². The van der Waals surface area contributed by atoms with Gasteiger partial charge in [-0.15, -0.1) is 0 Å². The smallest absolute Gasteiger partial charge is 0.354 e. The zero-order valence-electron chi connectivity index (χ0n) is 26.6. The Morgan fingerprint density at radius 1 is 1.06 bits per heavy atom. The molecule has 2 aliphatic heterocycles. The average molecular weight is 671 g/mol. The highest BCUT2D eigenvalue weighted by atomic mass is 35.5. The van der Waals surface area contributed by atoms with E-state index in [2.05, 4.69) is 23.8 Å². The van der Waals surface area contributed by atoms with Crippen LogP contribution in [0.15, 0.2) is 58.6 Å². The van der Waals surface area contributed by atoms with Gasteiger partial charge in [0.2, 0.25) is 0 Å². The molecule has 4 heterocycles. The van der Waals surface area contributed by atoms with Gasteiger partial charge in [0.1, 0.15) is 23.1 Å². The van der Waals surface area contributed by atoms with Gasteiger partial charge < -0.3 is 16.2 Å². The highest BCUT2D eigenvalue weighted by Gasteiger charge is 2.40. The van der Waals surface area contributed by atoms with Crippen LogP contribution in [0.1, 0.15) is 69.9 Å². The lowest BCUT2D eigenvalue weighted by Crippen LogP contribution is -2.32. The van der Waals surface area contributed by atoms with Crippen LogP contribution in [0.2, 0.25) is 5.02 Å². The van der Waals surface area contributed by atoms with E-state index in [0.717, 1.165) is 51.4 Å². The van der Waals surface area contributed by atoms with Gasteiger partial charge in [-0.3, -0.25) is 4.99 Å². The first-order valence-corrected chi connectivity index (χ1v) is 17.2. The van der Waals surface area contributed by atoms with Crippen LogP contribution in [0.4, 0.5) is 8.78 Å². The molecule has 0 radical (unpaired) electrons. The Morgan fingerprint density at radius 2 is 1.79 bits per heavy atom. The number of aromatic nitrogens is 3. The third-order valence-electron chi connectivity index (χ3n) is 10.6. The Bertz CT molecular complexity index is 2140. The zero-order valence-corrected chi connectivity index (χ0v) is 27.4. The lowest BCUT2D eigenvalue weighted by molar-refractivity contribution is 0.376. The summed E-state index contributed by atoms with van der Waals surface area (Å²) in [7, 11) is 0. The number of phenols is 1. The number of aliphatic imine (C=N–C) groups is 1. The molecule has 4 aromatic rings. The molecule has 2 aromatic heterocycles. The third kappa shape index (κ3) is 5.29. The second kappa shape index (κ2) is 11.8. The summed E-state index contributed by atoms with van der Waals surface area (Å²) in [6.07, 6.45) is 8.79. The van der Waals surface area contributed by atoms with Crippen LogP contribution in [0, 0.1) is 29.4 Å². The Balaban J connectivity index is 1.46. The van der Waals surface area contributed by atoms with E-state index in [1.165, 1.54) is 41.1 Å². The molecule has 0 amide bonds. The fourth-order valence-corrected chi connectivity index (χ4v) is 8.26. The van der Waals surface area contributed by atoms with Gasteiger partial charge in [-0.05, 0) is 86.9 Å². The molecular weight excluding hydrogens is 634 g/mol. The van der Waals surface area contributed by atoms with Gasteiger partial charge in [-0.1, -0.05) is 31.2 Å². The molecule has 8 nitrogen and oxygen atoms in total. The Labute approximate surface area is 281 Å². The molecular formula is C37H37ClF2N6O2. The number of phenolic OH excluding ortho intramolecular Hbond substituents is 1. The van der Waals surface area contributed by atoms with Gasteiger partial charge in [0, 0.05) is 58.1 Å². The van der Waals surface area contributed by atoms with Gasteiger partial charge in [0.05, 0.1) is 22.1 Å². The van der Waals surface area contributed by atoms with Gasteiger partial charge in [-0.2, -0.15) is 4.98 Å². The molecule has 4 fully saturated rings. The number of nitrogens with one attached hydrogen (secondary N) is 1. The fraction of sp³-hybridized carbons (Fsp3) is 0.405. The third-order valence-corrected chi connectivity index (χ3v) is 11.0. The summed E-state index contributed by atoms with van der Waals surface area (Å²) in [5.41, 5.74) is 8.47. The van der Waals surface area contributed by atoms with Crippen molar-refractivity contribution in [3.63, 3.8) is 0 Å². The van der Waals surface area contributed by atoms with Crippen molar-refractivity contribution in [1.29, 1.82) is 0 Å². The molecule has 4 atom stereocenters. The van der Waals surface area contributed by atoms with E-state index in [9.17, 15) is 14.3 Å². The van der Waals surface area contributed by atoms with Gasteiger partial charge >= 0.3 is 5.69 Å². The normalized spacial score (nSPS) is 25.0. The second-order valence-corrected chi connectivity index (χ2v) is 14.4. The number of nitrogens with zero attached hydrogens (tertiary/aromatic N) is 4. The van der Waals surface area contributed by atoms with Gasteiger partial charge in [0.15, 0.2) is 5.65 Å². The number of hydrogen-bond donors (Lipinski definition) is 3. The largest absolute Gasteiger partial charge is 0.508 e. The Kier molecular flexibility index (Phi) is 7.64. The first-order chi connectivity index (χ1) is 23.1. The minimum atomic E-state index is -0.716. The Hall–Kier alpha value is -4.15.